The summed E-state index contributed by atoms with van der Waals surface area (Å²) in [6, 6.07) is 2.98. The van der Waals surface area contributed by atoms with Crippen molar-refractivity contribution in [3.05, 3.63) is 24.3 Å². The molecule has 4 amide bonds. The van der Waals surface area contributed by atoms with Crippen molar-refractivity contribution >= 4 is 23.5 Å². The first kappa shape index (κ1) is 27.2. The van der Waals surface area contributed by atoms with E-state index in [1.54, 1.807) is 20.8 Å². The predicted molar refractivity (Wildman–Crippen MR) is 117 cm³/mol. The summed E-state index contributed by atoms with van der Waals surface area (Å²) in [5.41, 5.74) is 0.471. The van der Waals surface area contributed by atoms with Crippen LogP contribution in [0, 0.1) is 11.3 Å². The maximum atomic E-state index is 13.4. The van der Waals surface area contributed by atoms with Gasteiger partial charge in [0.05, 0.1) is 5.69 Å². The summed E-state index contributed by atoms with van der Waals surface area (Å²) in [5, 5.41) is 13.7. The van der Waals surface area contributed by atoms with E-state index in [4.69, 9.17) is 5.21 Å². The summed E-state index contributed by atoms with van der Waals surface area (Å²) in [6.07, 6.45) is -1.13. The number of hydrogen-bond acceptors (Lipinski definition) is 5. The number of carbonyl (C=O) groups is 3. The highest BCUT2D eigenvalue weighted by Crippen LogP contribution is 2.30. The number of anilines is 1. The molecule has 0 aromatic heterocycles. The van der Waals surface area contributed by atoms with E-state index in [-0.39, 0.29) is 18.2 Å². The van der Waals surface area contributed by atoms with Crippen molar-refractivity contribution in [1.29, 1.82) is 0 Å². The van der Waals surface area contributed by atoms with Gasteiger partial charge in [0.25, 0.3) is 5.91 Å². The molecule has 9 nitrogen and oxygen atoms in total. The molecule has 1 saturated carbocycles. The largest absolute Gasteiger partial charge is 0.573 e. The van der Waals surface area contributed by atoms with Crippen LogP contribution in [-0.4, -0.2) is 53.4 Å². The standard InChI is InChI=1S/C22H31F3N4O5/c1-21(2,3)18(19(31)29(13-17(30)28-33)12-14-8-4-5-9-14)27-20(32)26-15-10-6-7-11-16(15)34-22(23,24)25/h6-7,10-11,14,18,33H,4-5,8-9,12-13H2,1-3H3,(H,28,30)(H2,26,27,32). The van der Waals surface area contributed by atoms with Crippen molar-refractivity contribution in [2.45, 2.75) is 58.9 Å². The first-order valence-electron chi connectivity index (χ1n) is 10.9. The smallest absolute Gasteiger partial charge is 0.404 e. The van der Waals surface area contributed by atoms with Gasteiger partial charge in [-0.3, -0.25) is 14.8 Å². The number of carbonyl (C=O) groups excluding carboxylic acids is 3. The van der Waals surface area contributed by atoms with Crippen LogP contribution in [0.4, 0.5) is 23.7 Å². The topological polar surface area (TPSA) is 120 Å². The molecule has 0 heterocycles. The lowest BCUT2D eigenvalue weighted by atomic mass is 9.85. The molecule has 1 atom stereocenters. The van der Waals surface area contributed by atoms with E-state index in [1.165, 1.54) is 28.6 Å². The Bertz CT molecular complexity index is 867. The summed E-state index contributed by atoms with van der Waals surface area (Å²) in [5.74, 6) is -1.73. The zero-order valence-corrected chi connectivity index (χ0v) is 19.4. The Morgan fingerprint density at radius 2 is 1.76 bits per heavy atom. The van der Waals surface area contributed by atoms with Gasteiger partial charge >= 0.3 is 12.4 Å². The van der Waals surface area contributed by atoms with Crippen LogP contribution in [0.15, 0.2) is 24.3 Å². The zero-order valence-electron chi connectivity index (χ0n) is 19.4. The monoisotopic (exact) mass is 488 g/mol. The molecular formula is C22H31F3N4O5. The Labute approximate surface area is 196 Å². The molecule has 1 aromatic carbocycles. The Hall–Kier alpha value is -3.02. The number of alkyl halides is 3. The van der Waals surface area contributed by atoms with Crippen LogP contribution >= 0.6 is 0 Å². The summed E-state index contributed by atoms with van der Waals surface area (Å²) in [4.78, 5) is 39.2. The Morgan fingerprint density at radius 3 is 2.32 bits per heavy atom. The first-order chi connectivity index (χ1) is 15.8. The molecule has 1 aliphatic rings. The fourth-order valence-corrected chi connectivity index (χ4v) is 3.85. The van der Waals surface area contributed by atoms with Crippen molar-refractivity contribution in [3.63, 3.8) is 0 Å². The molecule has 190 valence electrons. The second-order valence-electron chi connectivity index (χ2n) is 9.35. The lowest BCUT2D eigenvalue weighted by molar-refractivity contribution is -0.274. The molecule has 1 unspecified atom stereocenters. The predicted octanol–water partition coefficient (Wildman–Crippen LogP) is 3.65. The lowest BCUT2D eigenvalue weighted by Gasteiger charge is -2.35. The van der Waals surface area contributed by atoms with E-state index in [9.17, 15) is 27.6 Å². The summed E-state index contributed by atoms with van der Waals surface area (Å²) in [6.45, 7) is 5.00. The van der Waals surface area contributed by atoms with E-state index in [1.807, 2.05) is 0 Å². The van der Waals surface area contributed by atoms with Crippen molar-refractivity contribution < 1.29 is 37.5 Å². The molecule has 0 aliphatic heterocycles. The number of hydrogen-bond donors (Lipinski definition) is 4. The number of urea groups is 1. The van der Waals surface area contributed by atoms with Gasteiger partial charge in [0, 0.05) is 6.54 Å². The number of nitrogens with one attached hydrogen (secondary N) is 3. The Morgan fingerprint density at radius 1 is 1.15 bits per heavy atom. The molecule has 1 fully saturated rings. The van der Waals surface area contributed by atoms with Gasteiger partial charge < -0.3 is 20.3 Å². The van der Waals surface area contributed by atoms with Gasteiger partial charge in [-0.2, -0.15) is 0 Å². The third kappa shape index (κ3) is 8.40. The minimum atomic E-state index is -4.95. The molecular weight excluding hydrogens is 457 g/mol. The molecule has 4 N–H and O–H groups in total. The van der Waals surface area contributed by atoms with E-state index >= 15 is 0 Å². The number of benzene rings is 1. The number of hydroxylamine groups is 1. The fraction of sp³-hybridized carbons (Fsp3) is 0.591. The van der Waals surface area contributed by atoms with E-state index in [0.717, 1.165) is 31.7 Å². The third-order valence-corrected chi connectivity index (χ3v) is 5.47. The highest BCUT2D eigenvalue weighted by Gasteiger charge is 2.38. The van der Waals surface area contributed by atoms with E-state index < -0.39 is 48.0 Å². The molecule has 1 aromatic rings. The summed E-state index contributed by atoms with van der Waals surface area (Å²) in [7, 11) is 0. The zero-order chi connectivity index (χ0) is 25.5. The normalized spacial score (nSPS) is 15.4. The molecule has 34 heavy (non-hydrogen) atoms. The van der Waals surface area contributed by atoms with Crippen LogP contribution in [0.3, 0.4) is 0 Å². The SMILES string of the molecule is CC(C)(C)C(NC(=O)Nc1ccccc1OC(F)(F)F)C(=O)N(CC(=O)NO)CC1CCCC1. The number of nitrogens with zero attached hydrogens (tertiary/aromatic N) is 1. The van der Waals surface area contributed by atoms with Gasteiger partial charge in [-0.05, 0) is 36.3 Å². The maximum Gasteiger partial charge on any atom is 0.573 e. The maximum absolute atomic E-state index is 13.4. The highest BCUT2D eigenvalue weighted by atomic mass is 19.4. The van der Waals surface area contributed by atoms with Gasteiger partial charge in [0.15, 0.2) is 5.75 Å². The molecule has 0 saturated heterocycles. The Balaban J connectivity index is 2.20. The quantitative estimate of drug-likeness (QED) is 0.329. The van der Waals surface area contributed by atoms with Crippen molar-refractivity contribution in [1.82, 2.24) is 15.7 Å². The van der Waals surface area contributed by atoms with E-state index in [0.29, 0.717) is 0 Å². The molecule has 0 radical (unpaired) electrons. The van der Waals surface area contributed by atoms with Crippen LogP contribution in [0.1, 0.15) is 46.5 Å². The number of ether oxygens (including phenoxy) is 1. The third-order valence-electron chi connectivity index (χ3n) is 5.47. The van der Waals surface area contributed by atoms with Crippen LogP contribution in [0.5, 0.6) is 5.75 Å². The minimum absolute atomic E-state index is 0.191. The average Bonchev–Trinajstić information content (AvgIpc) is 3.23. The first-order valence-corrected chi connectivity index (χ1v) is 10.9. The van der Waals surface area contributed by atoms with Crippen LogP contribution in [0.25, 0.3) is 0 Å². The summed E-state index contributed by atoms with van der Waals surface area (Å²) >= 11 is 0. The number of halogens is 3. The molecule has 0 bridgehead atoms. The van der Waals surface area contributed by atoms with Crippen LogP contribution in [0.2, 0.25) is 0 Å². The molecule has 1 aliphatic carbocycles. The number of rotatable bonds is 8. The van der Waals surface area contributed by atoms with Crippen molar-refractivity contribution in [3.8, 4) is 5.75 Å². The second-order valence-corrected chi connectivity index (χ2v) is 9.35. The molecule has 12 heteroatoms. The van der Waals surface area contributed by atoms with Gasteiger partial charge in [0.1, 0.15) is 12.6 Å². The van der Waals surface area contributed by atoms with Crippen molar-refractivity contribution in [2.75, 3.05) is 18.4 Å². The van der Waals surface area contributed by atoms with Crippen LogP contribution < -0.4 is 20.9 Å². The van der Waals surface area contributed by atoms with Gasteiger partial charge in [-0.25, -0.2) is 10.3 Å². The van der Waals surface area contributed by atoms with E-state index in [2.05, 4.69) is 15.4 Å². The Kier molecular flexibility index (Phi) is 9.14. The van der Waals surface area contributed by atoms with Crippen molar-refractivity contribution in [2.24, 2.45) is 11.3 Å². The summed E-state index contributed by atoms with van der Waals surface area (Å²) < 4.78 is 41.9. The minimum Gasteiger partial charge on any atom is -0.404 e. The van der Waals surface area contributed by atoms with Gasteiger partial charge in [-0.1, -0.05) is 45.7 Å². The highest BCUT2D eigenvalue weighted by molar-refractivity contribution is 5.96. The molecule has 2 rings (SSSR count). The number of para-hydroxylation sites is 2. The fourth-order valence-electron chi connectivity index (χ4n) is 3.85. The number of amides is 4. The second kappa shape index (κ2) is 11.4. The lowest BCUT2D eigenvalue weighted by Crippen LogP contribution is -2.57. The van der Waals surface area contributed by atoms with Gasteiger partial charge in [0.2, 0.25) is 5.91 Å². The molecule has 0 spiro atoms. The van der Waals surface area contributed by atoms with Crippen LogP contribution in [-0.2, 0) is 9.59 Å². The van der Waals surface area contributed by atoms with Gasteiger partial charge in [-0.15, -0.1) is 13.2 Å². The average molecular weight is 489 g/mol.